The maximum atomic E-state index is 5.83. The number of ether oxygens (including phenoxy) is 2. The van der Waals surface area contributed by atoms with Gasteiger partial charge in [0.2, 0.25) is 0 Å². The van der Waals surface area contributed by atoms with Gasteiger partial charge in [-0.05, 0) is 19.3 Å². The highest BCUT2D eigenvalue weighted by Gasteiger charge is 2.33. The standard InChI is InChI=1S/C12H22N2O2/c1-2-12-9-14(8-11(1)16-12)5-3-10-7-13-4-6-15-10/h10-13H,1-9H2. The minimum absolute atomic E-state index is 0.425. The van der Waals surface area contributed by atoms with Gasteiger partial charge >= 0.3 is 0 Å². The van der Waals surface area contributed by atoms with Crippen molar-refractivity contribution < 1.29 is 9.47 Å². The van der Waals surface area contributed by atoms with Crippen LogP contribution in [0.2, 0.25) is 0 Å². The number of rotatable bonds is 3. The van der Waals surface area contributed by atoms with Crippen molar-refractivity contribution in [3.8, 4) is 0 Å². The molecule has 0 radical (unpaired) electrons. The molecule has 92 valence electrons. The molecule has 3 atom stereocenters. The average Bonchev–Trinajstić information content (AvgIpc) is 2.67. The SMILES string of the molecule is C1COC(CCN2CC3CCC(C2)O3)CN1. The van der Waals surface area contributed by atoms with Crippen molar-refractivity contribution in [1.82, 2.24) is 10.2 Å². The van der Waals surface area contributed by atoms with E-state index in [4.69, 9.17) is 9.47 Å². The van der Waals surface area contributed by atoms with Crippen LogP contribution in [0.5, 0.6) is 0 Å². The van der Waals surface area contributed by atoms with Gasteiger partial charge in [0.05, 0.1) is 24.9 Å². The Morgan fingerprint density at radius 1 is 1.19 bits per heavy atom. The molecular weight excluding hydrogens is 204 g/mol. The van der Waals surface area contributed by atoms with Crippen LogP contribution < -0.4 is 5.32 Å². The zero-order valence-corrected chi connectivity index (χ0v) is 9.86. The molecule has 0 aliphatic carbocycles. The molecule has 0 saturated carbocycles. The molecule has 0 aromatic heterocycles. The normalized spacial score (nSPS) is 40.1. The van der Waals surface area contributed by atoms with Crippen LogP contribution in [0.15, 0.2) is 0 Å². The second kappa shape index (κ2) is 5.00. The lowest BCUT2D eigenvalue weighted by Crippen LogP contribution is -2.45. The number of nitrogens with one attached hydrogen (secondary N) is 1. The average molecular weight is 226 g/mol. The molecular formula is C12H22N2O2. The highest BCUT2D eigenvalue weighted by Crippen LogP contribution is 2.26. The van der Waals surface area contributed by atoms with Gasteiger partial charge in [-0.1, -0.05) is 0 Å². The molecule has 3 unspecified atom stereocenters. The summed E-state index contributed by atoms with van der Waals surface area (Å²) in [5.41, 5.74) is 0. The number of morpholine rings is 2. The van der Waals surface area contributed by atoms with E-state index in [9.17, 15) is 0 Å². The van der Waals surface area contributed by atoms with Crippen LogP contribution in [-0.4, -0.2) is 62.5 Å². The lowest BCUT2D eigenvalue weighted by Gasteiger charge is -2.33. The molecule has 4 nitrogen and oxygen atoms in total. The molecule has 3 fully saturated rings. The number of likely N-dealkylation sites (tertiary alicyclic amines) is 1. The summed E-state index contributed by atoms with van der Waals surface area (Å²) in [6, 6.07) is 0. The quantitative estimate of drug-likeness (QED) is 0.747. The van der Waals surface area contributed by atoms with Crippen LogP contribution in [0.4, 0.5) is 0 Å². The number of hydrogen-bond acceptors (Lipinski definition) is 4. The van der Waals surface area contributed by atoms with Gasteiger partial charge in [-0.25, -0.2) is 0 Å². The van der Waals surface area contributed by atoms with Gasteiger partial charge < -0.3 is 14.8 Å². The Kier molecular flexibility index (Phi) is 3.43. The summed E-state index contributed by atoms with van der Waals surface area (Å²) in [5, 5.41) is 3.38. The number of hydrogen-bond donors (Lipinski definition) is 1. The Morgan fingerprint density at radius 2 is 2.00 bits per heavy atom. The molecule has 0 amide bonds. The topological polar surface area (TPSA) is 33.7 Å². The fourth-order valence-electron chi connectivity index (χ4n) is 3.01. The van der Waals surface area contributed by atoms with Gasteiger partial charge in [0.15, 0.2) is 0 Å². The summed E-state index contributed by atoms with van der Waals surface area (Å²) in [6.07, 6.45) is 5.15. The van der Waals surface area contributed by atoms with Crippen LogP contribution in [0.1, 0.15) is 19.3 Å². The summed E-state index contributed by atoms with van der Waals surface area (Å²) in [7, 11) is 0. The van der Waals surface area contributed by atoms with Crippen molar-refractivity contribution in [2.45, 2.75) is 37.6 Å². The Balaban J connectivity index is 1.41. The van der Waals surface area contributed by atoms with E-state index >= 15 is 0 Å². The van der Waals surface area contributed by atoms with Crippen molar-refractivity contribution in [2.75, 3.05) is 39.3 Å². The second-order valence-corrected chi connectivity index (χ2v) is 5.20. The third-order valence-corrected chi connectivity index (χ3v) is 3.89. The first kappa shape index (κ1) is 11.0. The molecule has 3 aliphatic rings. The van der Waals surface area contributed by atoms with Crippen molar-refractivity contribution >= 4 is 0 Å². The molecule has 16 heavy (non-hydrogen) atoms. The van der Waals surface area contributed by atoms with E-state index in [0.717, 1.165) is 39.2 Å². The minimum atomic E-state index is 0.425. The lowest BCUT2D eigenvalue weighted by atomic mass is 10.2. The molecule has 1 N–H and O–H groups in total. The molecule has 0 aromatic rings. The minimum Gasteiger partial charge on any atom is -0.376 e. The highest BCUT2D eigenvalue weighted by atomic mass is 16.5. The summed E-state index contributed by atoms with van der Waals surface area (Å²) >= 11 is 0. The molecule has 3 aliphatic heterocycles. The molecule has 4 heteroatoms. The van der Waals surface area contributed by atoms with Crippen LogP contribution in [0.3, 0.4) is 0 Å². The van der Waals surface area contributed by atoms with Gasteiger partial charge in [0, 0.05) is 32.7 Å². The molecule has 2 bridgehead atoms. The largest absolute Gasteiger partial charge is 0.376 e. The molecule has 3 saturated heterocycles. The molecule has 0 aromatic carbocycles. The van der Waals surface area contributed by atoms with Crippen LogP contribution in [-0.2, 0) is 9.47 Å². The van der Waals surface area contributed by atoms with Crippen LogP contribution in [0, 0.1) is 0 Å². The maximum Gasteiger partial charge on any atom is 0.0712 e. The van der Waals surface area contributed by atoms with Gasteiger partial charge in [-0.3, -0.25) is 4.90 Å². The van der Waals surface area contributed by atoms with E-state index in [-0.39, 0.29) is 0 Å². The monoisotopic (exact) mass is 226 g/mol. The van der Waals surface area contributed by atoms with E-state index in [1.54, 1.807) is 0 Å². The maximum absolute atomic E-state index is 5.83. The third kappa shape index (κ3) is 2.56. The molecule has 0 spiro atoms. The Morgan fingerprint density at radius 3 is 2.69 bits per heavy atom. The number of fused-ring (bicyclic) bond motifs is 2. The summed E-state index contributed by atoms with van der Waals surface area (Å²) < 4.78 is 11.6. The van der Waals surface area contributed by atoms with E-state index < -0.39 is 0 Å². The van der Waals surface area contributed by atoms with E-state index in [2.05, 4.69) is 10.2 Å². The summed E-state index contributed by atoms with van der Waals surface area (Å²) in [5.74, 6) is 0. The van der Waals surface area contributed by atoms with E-state index in [1.165, 1.54) is 19.4 Å². The van der Waals surface area contributed by atoms with Gasteiger partial charge in [0.25, 0.3) is 0 Å². The van der Waals surface area contributed by atoms with Gasteiger partial charge in [-0.15, -0.1) is 0 Å². The van der Waals surface area contributed by atoms with Crippen molar-refractivity contribution in [2.24, 2.45) is 0 Å². The Labute approximate surface area is 97.3 Å². The predicted octanol–water partition coefficient (Wildman–Crippen LogP) is 0.228. The fraction of sp³-hybridized carbons (Fsp3) is 1.00. The first-order chi connectivity index (χ1) is 7.90. The third-order valence-electron chi connectivity index (χ3n) is 3.89. The number of nitrogens with zero attached hydrogens (tertiary/aromatic N) is 1. The predicted molar refractivity (Wildman–Crippen MR) is 61.6 cm³/mol. The summed E-state index contributed by atoms with van der Waals surface area (Å²) in [4.78, 5) is 2.56. The van der Waals surface area contributed by atoms with Crippen LogP contribution >= 0.6 is 0 Å². The van der Waals surface area contributed by atoms with Gasteiger partial charge in [-0.2, -0.15) is 0 Å². The zero-order chi connectivity index (χ0) is 10.8. The van der Waals surface area contributed by atoms with Crippen LogP contribution in [0.25, 0.3) is 0 Å². The first-order valence-electron chi connectivity index (χ1n) is 6.60. The van der Waals surface area contributed by atoms with E-state index in [1.807, 2.05) is 0 Å². The second-order valence-electron chi connectivity index (χ2n) is 5.20. The first-order valence-corrected chi connectivity index (χ1v) is 6.60. The zero-order valence-electron chi connectivity index (χ0n) is 9.86. The Bertz CT molecular complexity index is 219. The molecule has 3 rings (SSSR count). The lowest BCUT2D eigenvalue weighted by molar-refractivity contribution is -0.0462. The highest BCUT2D eigenvalue weighted by molar-refractivity contribution is 4.85. The molecule has 3 heterocycles. The van der Waals surface area contributed by atoms with Crippen molar-refractivity contribution in [1.29, 1.82) is 0 Å². The van der Waals surface area contributed by atoms with Crippen molar-refractivity contribution in [3.05, 3.63) is 0 Å². The Hall–Kier alpha value is -0.160. The van der Waals surface area contributed by atoms with Crippen molar-refractivity contribution in [3.63, 3.8) is 0 Å². The smallest absolute Gasteiger partial charge is 0.0712 e. The summed E-state index contributed by atoms with van der Waals surface area (Å²) in [6.45, 7) is 6.35. The fourth-order valence-corrected chi connectivity index (χ4v) is 3.01. The van der Waals surface area contributed by atoms with E-state index in [0.29, 0.717) is 18.3 Å². The van der Waals surface area contributed by atoms with Gasteiger partial charge in [0.1, 0.15) is 0 Å².